The van der Waals surface area contributed by atoms with E-state index < -0.39 is 5.63 Å². The molecule has 0 unspecified atom stereocenters. The van der Waals surface area contributed by atoms with Gasteiger partial charge < -0.3 is 4.42 Å². The first-order valence-corrected chi connectivity index (χ1v) is 5.63. The summed E-state index contributed by atoms with van der Waals surface area (Å²) in [5.74, 6) is 2.39. The van der Waals surface area contributed by atoms with E-state index in [4.69, 9.17) is 10.8 Å². The number of carbonyl (C=O) groups excluding carboxylic acids is 1. The van der Waals surface area contributed by atoms with Crippen LogP contribution in [0.15, 0.2) is 33.5 Å². The van der Waals surface area contributed by atoms with Gasteiger partial charge in [-0.3, -0.25) is 4.79 Å². The third kappa shape index (κ3) is 2.33. The van der Waals surface area contributed by atoms with Gasteiger partial charge in [0.2, 0.25) is 0 Å². The Morgan fingerprint density at radius 3 is 2.89 bits per heavy atom. The molecule has 0 saturated heterocycles. The summed E-state index contributed by atoms with van der Waals surface area (Å²) in [6.45, 7) is 1.83. The van der Waals surface area contributed by atoms with E-state index in [0.717, 1.165) is 10.9 Å². The van der Waals surface area contributed by atoms with Gasteiger partial charge in [0.25, 0.3) is 0 Å². The zero-order valence-electron chi connectivity index (χ0n) is 10.0. The minimum Gasteiger partial charge on any atom is -0.423 e. The van der Waals surface area contributed by atoms with Crippen molar-refractivity contribution < 1.29 is 9.21 Å². The average Bonchev–Trinajstić information content (AvgIpc) is 2.34. The second-order valence-corrected chi connectivity index (χ2v) is 4.09. The highest BCUT2D eigenvalue weighted by atomic mass is 16.4. The van der Waals surface area contributed by atoms with Gasteiger partial charge in [-0.2, -0.15) is 0 Å². The van der Waals surface area contributed by atoms with Crippen molar-refractivity contribution in [2.24, 2.45) is 0 Å². The number of hydrogen-bond donors (Lipinski definition) is 0. The summed E-state index contributed by atoms with van der Waals surface area (Å²) in [4.78, 5) is 23.1. The molecule has 3 nitrogen and oxygen atoms in total. The Kier molecular flexibility index (Phi) is 3.29. The van der Waals surface area contributed by atoms with Crippen LogP contribution in [0, 0.1) is 19.3 Å². The van der Waals surface area contributed by atoms with Gasteiger partial charge in [0.15, 0.2) is 5.78 Å². The number of terminal acetylenes is 1. The molecule has 1 aromatic carbocycles. The third-order valence-corrected chi connectivity index (χ3v) is 2.77. The Bertz CT molecular complexity index is 702. The standard InChI is InChI=1S/C15H12O3/c1-3-4-5-13(16)11-6-7-12-10(2)8-15(17)18-14(12)9-11/h1,6-9H,4-5H2,2H3. The molecule has 0 aliphatic heterocycles. The molecule has 0 saturated carbocycles. The second kappa shape index (κ2) is 4.89. The summed E-state index contributed by atoms with van der Waals surface area (Å²) >= 11 is 0. The highest BCUT2D eigenvalue weighted by Gasteiger charge is 2.08. The Labute approximate surface area is 104 Å². The van der Waals surface area contributed by atoms with Gasteiger partial charge in [-0.1, -0.05) is 12.1 Å². The van der Waals surface area contributed by atoms with Gasteiger partial charge in [0.05, 0.1) is 0 Å². The van der Waals surface area contributed by atoms with Crippen LogP contribution in [0.4, 0.5) is 0 Å². The first kappa shape index (κ1) is 12.1. The van der Waals surface area contributed by atoms with Gasteiger partial charge in [-0.25, -0.2) is 4.79 Å². The van der Waals surface area contributed by atoms with Crippen LogP contribution in [0.25, 0.3) is 11.0 Å². The van der Waals surface area contributed by atoms with Gasteiger partial charge in [0.1, 0.15) is 5.58 Å². The van der Waals surface area contributed by atoms with Gasteiger partial charge in [0, 0.05) is 29.9 Å². The van der Waals surface area contributed by atoms with Crippen LogP contribution in [0.2, 0.25) is 0 Å². The number of fused-ring (bicyclic) bond motifs is 1. The summed E-state index contributed by atoms with van der Waals surface area (Å²) < 4.78 is 5.09. The fourth-order valence-electron chi connectivity index (χ4n) is 1.83. The maximum Gasteiger partial charge on any atom is 0.336 e. The van der Waals surface area contributed by atoms with Crippen LogP contribution >= 0.6 is 0 Å². The third-order valence-electron chi connectivity index (χ3n) is 2.77. The van der Waals surface area contributed by atoms with E-state index in [9.17, 15) is 9.59 Å². The van der Waals surface area contributed by atoms with Gasteiger partial charge in [-0.05, 0) is 18.6 Å². The molecule has 2 rings (SSSR count). The van der Waals surface area contributed by atoms with Crippen molar-refractivity contribution in [3.05, 3.63) is 45.8 Å². The number of hydrogen-bond acceptors (Lipinski definition) is 3. The van der Waals surface area contributed by atoms with Crippen molar-refractivity contribution in [2.45, 2.75) is 19.8 Å². The molecular weight excluding hydrogens is 228 g/mol. The summed E-state index contributed by atoms with van der Waals surface area (Å²) in [6.07, 6.45) is 5.84. The van der Waals surface area contributed by atoms with E-state index in [-0.39, 0.29) is 5.78 Å². The average molecular weight is 240 g/mol. The van der Waals surface area contributed by atoms with E-state index in [1.54, 1.807) is 18.2 Å². The molecule has 2 aromatic rings. The van der Waals surface area contributed by atoms with Crippen LogP contribution in [0.1, 0.15) is 28.8 Å². The molecule has 0 fully saturated rings. The summed E-state index contributed by atoms with van der Waals surface area (Å²) in [6, 6.07) is 6.55. The molecular formula is C15H12O3. The lowest BCUT2D eigenvalue weighted by Crippen LogP contribution is -2.01. The Morgan fingerprint density at radius 1 is 1.39 bits per heavy atom. The molecule has 3 heteroatoms. The molecule has 0 atom stereocenters. The smallest absolute Gasteiger partial charge is 0.336 e. The Hall–Kier alpha value is -2.34. The first-order valence-electron chi connectivity index (χ1n) is 5.63. The summed E-state index contributed by atoms with van der Waals surface area (Å²) in [5.41, 5.74) is 1.38. The molecule has 90 valence electrons. The molecule has 0 bridgehead atoms. The van der Waals surface area contributed by atoms with E-state index in [1.807, 2.05) is 6.92 Å². The molecule has 0 amide bonds. The van der Waals surface area contributed by atoms with Crippen LogP contribution in [-0.4, -0.2) is 5.78 Å². The lowest BCUT2D eigenvalue weighted by molar-refractivity contribution is 0.0984. The zero-order chi connectivity index (χ0) is 13.1. The van der Waals surface area contributed by atoms with E-state index in [2.05, 4.69) is 5.92 Å². The van der Waals surface area contributed by atoms with Crippen molar-refractivity contribution in [3.8, 4) is 12.3 Å². The maximum absolute atomic E-state index is 11.8. The number of rotatable bonds is 3. The fraction of sp³-hybridized carbons (Fsp3) is 0.200. The number of aryl methyl sites for hydroxylation is 1. The van der Waals surface area contributed by atoms with E-state index in [0.29, 0.717) is 24.0 Å². The van der Waals surface area contributed by atoms with Crippen molar-refractivity contribution in [1.29, 1.82) is 0 Å². The topological polar surface area (TPSA) is 47.3 Å². The Balaban J connectivity index is 2.48. The van der Waals surface area contributed by atoms with Gasteiger partial charge in [-0.15, -0.1) is 12.3 Å². The highest BCUT2D eigenvalue weighted by molar-refractivity contribution is 5.99. The zero-order valence-corrected chi connectivity index (χ0v) is 10.0. The van der Waals surface area contributed by atoms with Crippen LogP contribution in [0.5, 0.6) is 0 Å². The largest absolute Gasteiger partial charge is 0.423 e. The predicted octanol–water partition coefficient (Wildman–Crippen LogP) is 2.70. The number of ketones is 1. The monoisotopic (exact) mass is 240 g/mol. The van der Waals surface area contributed by atoms with Crippen molar-refractivity contribution in [1.82, 2.24) is 0 Å². The molecule has 1 aromatic heterocycles. The molecule has 0 N–H and O–H groups in total. The molecule has 0 radical (unpaired) electrons. The van der Waals surface area contributed by atoms with Gasteiger partial charge >= 0.3 is 5.63 Å². The molecule has 1 heterocycles. The lowest BCUT2D eigenvalue weighted by Gasteiger charge is -2.03. The number of carbonyl (C=O) groups is 1. The van der Waals surface area contributed by atoms with E-state index in [1.165, 1.54) is 6.07 Å². The van der Waals surface area contributed by atoms with Crippen molar-refractivity contribution in [2.75, 3.05) is 0 Å². The summed E-state index contributed by atoms with van der Waals surface area (Å²) in [5, 5.41) is 0.836. The fourth-order valence-corrected chi connectivity index (χ4v) is 1.83. The van der Waals surface area contributed by atoms with Crippen LogP contribution < -0.4 is 5.63 Å². The Morgan fingerprint density at radius 2 is 2.17 bits per heavy atom. The minimum absolute atomic E-state index is 0.0426. The number of Topliss-reactive ketones (excluding diaryl/α,β-unsaturated/α-hetero) is 1. The first-order chi connectivity index (χ1) is 8.61. The van der Waals surface area contributed by atoms with Crippen LogP contribution in [-0.2, 0) is 0 Å². The predicted molar refractivity (Wildman–Crippen MR) is 69.6 cm³/mol. The van der Waals surface area contributed by atoms with Crippen molar-refractivity contribution in [3.63, 3.8) is 0 Å². The molecule has 0 aliphatic rings. The lowest BCUT2D eigenvalue weighted by atomic mass is 10.0. The second-order valence-electron chi connectivity index (χ2n) is 4.09. The molecule has 0 aliphatic carbocycles. The maximum atomic E-state index is 11.8. The number of benzene rings is 1. The molecule has 0 spiro atoms. The quantitative estimate of drug-likeness (QED) is 0.471. The SMILES string of the molecule is C#CCCC(=O)c1ccc2c(C)cc(=O)oc2c1. The van der Waals surface area contributed by atoms with Crippen molar-refractivity contribution >= 4 is 16.8 Å². The van der Waals surface area contributed by atoms with E-state index >= 15 is 0 Å². The molecule has 18 heavy (non-hydrogen) atoms. The van der Waals surface area contributed by atoms with Crippen LogP contribution in [0.3, 0.4) is 0 Å². The summed E-state index contributed by atoms with van der Waals surface area (Å²) in [7, 11) is 0. The highest BCUT2D eigenvalue weighted by Crippen LogP contribution is 2.19. The minimum atomic E-state index is -0.409. The normalized spacial score (nSPS) is 10.2.